The Morgan fingerprint density at radius 2 is 1.71 bits per heavy atom. The van der Waals surface area contributed by atoms with E-state index >= 15 is 0 Å². The second-order valence-corrected chi connectivity index (χ2v) is 9.12. The Bertz CT molecular complexity index is 1170. The Hall–Kier alpha value is -3.59. The minimum absolute atomic E-state index is 0.106. The number of hydrogen-bond donors (Lipinski definition) is 0. The summed E-state index contributed by atoms with van der Waals surface area (Å²) in [5.41, 5.74) is 2.15. The van der Waals surface area contributed by atoms with Gasteiger partial charge in [0.1, 0.15) is 6.17 Å². The van der Waals surface area contributed by atoms with Crippen molar-refractivity contribution < 1.29 is 23.9 Å². The summed E-state index contributed by atoms with van der Waals surface area (Å²) in [5, 5.41) is 0. The van der Waals surface area contributed by atoms with Gasteiger partial charge < -0.3 is 24.2 Å². The van der Waals surface area contributed by atoms with Crippen LogP contribution in [0.4, 0.5) is 5.69 Å². The molecule has 1 saturated heterocycles. The van der Waals surface area contributed by atoms with Crippen LogP contribution in [0.3, 0.4) is 0 Å². The highest BCUT2D eigenvalue weighted by molar-refractivity contribution is 6.18. The van der Waals surface area contributed by atoms with Gasteiger partial charge in [-0.3, -0.25) is 19.3 Å². The highest BCUT2D eigenvalue weighted by atomic mass is 16.5. The third-order valence-electron chi connectivity index (χ3n) is 7.13. The van der Waals surface area contributed by atoms with Crippen LogP contribution in [0.15, 0.2) is 36.4 Å². The zero-order valence-corrected chi connectivity index (χ0v) is 20.3. The number of piperazine rings is 1. The average molecular weight is 479 g/mol. The van der Waals surface area contributed by atoms with Gasteiger partial charge >= 0.3 is 0 Å². The van der Waals surface area contributed by atoms with Gasteiger partial charge in [0.25, 0.3) is 11.8 Å². The molecule has 5 rings (SSSR count). The number of anilines is 1. The maximum Gasteiger partial charge on any atom is 0.264 e. The van der Waals surface area contributed by atoms with Crippen molar-refractivity contribution in [3.63, 3.8) is 0 Å². The van der Waals surface area contributed by atoms with Gasteiger partial charge in [-0.1, -0.05) is 18.2 Å². The summed E-state index contributed by atoms with van der Waals surface area (Å²) in [7, 11) is 5.09. The lowest BCUT2D eigenvalue weighted by Crippen LogP contribution is -2.49. The van der Waals surface area contributed by atoms with Crippen LogP contribution in [-0.4, -0.2) is 86.4 Å². The second kappa shape index (κ2) is 9.22. The smallest absolute Gasteiger partial charge is 0.264 e. The highest BCUT2D eigenvalue weighted by Gasteiger charge is 2.49. The molecule has 184 valence electrons. The standard InChI is InChI=1S/C26H30N4O5/c1-27-13-15-28(16-14-27)21(31)9-6-12-29-24-18-10-11-20(34-2)23(35-3)22(18)26(33)30(24)19-8-5-4-7-17(19)25(29)32/h4-5,7-8,10-11,24H,6,9,12-16H2,1-3H3/t24-/m1/s1. The van der Waals surface area contributed by atoms with E-state index in [1.807, 2.05) is 17.0 Å². The number of methoxy groups -OCH3 is 2. The van der Waals surface area contributed by atoms with E-state index < -0.39 is 6.17 Å². The van der Waals surface area contributed by atoms with E-state index in [1.165, 1.54) is 14.2 Å². The van der Waals surface area contributed by atoms with Crippen molar-refractivity contribution >= 4 is 23.4 Å². The summed E-state index contributed by atoms with van der Waals surface area (Å²) >= 11 is 0. The van der Waals surface area contributed by atoms with Gasteiger partial charge in [-0.25, -0.2) is 0 Å². The Labute approximate surface area is 204 Å². The predicted octanol–water partition coefficient (Wildman–Crippen LogP) is 2.37. The Morgan fingerprint density at radius 3 is 2.43 bits per heavy atom. The van der Waals surface area contributed by atoms with Crippen LogP contribution < -0.4 is 14.4 Å². The largest absolute Gasteiger partial charge is 0.493 e. The lowest BCUT2D eigenvalue weighted by atomic mass is 10.0. The number of carbonyl (C=O) groups excluding carboxylic acids is 3. The molecule has 9 heteroatoms. The summed E-state index contributed by atoms with van der Waals surface area (Å²) < 4.78 is 11.0. The molecular formula is C26H30N4O5. The molecule has 0 aliphatic carbocycles. The molecule has 0 N–H and O–H groups in total. The van der Waals surface area contributed by atoms with Crippen molar-refractivity contribution in [2.75, 3.05) is 58.9 Å². The number of nitrogens with zero attached hydrogens (tertiary/aromatic N) is 4. The van der Waals surface area contributed by atoms with Crippen LogP contribution in [0.5, 0.6) is 11.5 Å². The zero-order valence-electron chi connectivity index (χ0n) is 20.3. The van der Waals surface area contributed by atoms with Crippen LogP contribution in [-0.2, 0) is 4.79 Å². The molecule has 3 aliphatic heterocycles. The number of carbonyl (C=O) groups is 3. The Morgan fingerprint density at radius 1 is 0.971 bits per heavy atom. The van der Waals surface area contributed by atoms with Crippen molar-refractivity contribution in [3.8, 4) is 11.5 Å². The Balaban J connectivity index is 1.45. The first kappa shape index (κ1) is 23.2. The molecule has 0 radical (unpaired) electrons. The fraction of sp³-hybridized carbons (Fsp3) is 0.423. The van der Waals surface area contributed by atoms with Crippen molar-refractivity contribution in [2.24, 2.45) is 0 Å². The van der Waals surface area contributed by atoms with Crippen LogP contribution >= 0.6 is 0 Å². The molecule has 2 aromatic carbocycles. The molecule has 35 heavy (non-hydrogen) atoms. The van der Waals surface area contributed by atoms with E-state index in [1.54, 1.807) is 34.1 Å². The molecule has 3 aliphatic rings. The first-order valence-corrected chi connectivity index (χ1v) is 11.9. The summed E-state index contributed by atoms with van der Waals surface area (Å²) in [6, 6.07) is 10.7. The number of hydrogen-bond acceptors (Lipinski definition) is 6. The number of rotatable bonds is 6. The minimum atomic E-state index is -0.599. The second-order valence-electron chi connectivity index (χ2n) is 9.12. The molecule has 3 heterocycles. The van der Waals surface area contributed by atoms with Crippen LogP contribution in [0.25, 0.3) is 0 Å². The van der Waals surface area contributed by atoms with E-state index in [2.05, 4.69) is 11.9 Å². The monoisotopic (exact) mass is 478 g/mol. The maximum atomic E-state index is 13.7. The number of ether oxygens (including phenoxy) is 2. The average Bonchev–Trinajstić information content (AvgIpc) is 3.18. The number of fused-ring (bicyclic) bond motifs is 5. The van der Waals surface area contributed by atoms with Gasteiger partial charge in [0, 0.05) is 44.7 Å². The van der Waals surface area contributed by atoms with Crippen molar-refractivity contribution in [3.05, 3.63) is 53.1 Å². The molecule has 0 spiro atoms. The number of para-hydroxylation sites is 1. The SMILES string of the molecule is COc1ccc2c(c1OC)C(=O)N1c3ccccc3C(=O)N(CCCC(=O)N3CCN(C)CC3)[C@@H]21. The zero-order chi connectivity index (χ0) is 24.7. The fourth-order valence-corrected chi connectivity index (χ4v) is 5.27. The maximum absolute atomic E-state index is 13.7. The third-order valence-corrected chi connectivity index (χ3v) is 7.13. The molecule has 3 amide bonds. The van der Waals surface area contributed by atoms with Gasteiger partial charge in [0.2, 0.25) is 5.91 Å². The quantitative estimate of drug-likeness (QED) is 0.634. The normalized spacial score (nSPS) is 19.4. The topological polar surface area (TPSA) is 82.6 Å². The first-order chi connectivity index (χ1) is 17.0. The van der Waals surface area contributed by atoms with Crippen molar-refractivity contribution in [2.45, 2.75) is 19.0 Å². The summed E-state index contributed by atoms with van der Waals surface area (Å²) in [6.07, 6.45) is 0.271. The molecule has 1 atom stereocenters. The number of likely N-dealkylation sites (N-methyl/N-ethyl adjacent to an activating group) is 1. The van der Waals surface area contributed by atoms with E-state index in [0.29, 0.717) is 53.3 Å². The summed E-state index contributed by atoms with van der Waals surface area (Å²) in [5.74, 6) is 0.542. The van der Waals surface area contributed by atoms with E-state index in [0.717, 1.165) is 26.2 Å². The first-order valence-electron chi connectivity index (χ1n) is 11.9. The molecule has 0 unspecified atom stereocenters. The van der Waals surface area contributed by atoms with E-state index in [9.17, 15) is 14.4 Å². The molecule has 1 fully saturated rings. The third kappa shape index (κ3) is 3.80. The van der Waals surface area contributed by atoms with Crippen LogP contribution in [0.1, 0.15) is 45.3 Å². The van der Waals surface area contributed by atoms with Crippen molar-refractivity contribution in [1.29, 1.82) is 0 Å². The molecule has 0 bridgehead atoms. The lowest BCUT2D eigenvalue weighted by molar-refractivity contribution is -0.132. The molecule has 0 saturated carbocycles. The number of benzene rings is 2. The fourth-order valence-electron chi connectivity index (χ4n) is 5.27. The molecule has 0 aromatic heterocycles. The molecule has 9 nitrogen and oxygen atoms in total. The predicted molar refractivity (Wildman–Crippen MR) is 130 cm³/mol. The van der Waals surface area contributed by atoms with Gasteiger partial charge in [0.05, 0.1) is 31.0 Å². The van der Waals surface area contributed by atoms with Crippen LogP contribution in [0.2, 0.25) is 0 Å². The summed E-state index contributed by atoms with van der Waals surface area (Å²) in [4.78, 5) is 47.5. The van der Waals surface area contributed by atoms with Gasteiger partial charge in [-0.05, 0) is 31.7 Å². The van der Waals surface area contributed by atoms with Crippen LogP contribution in [0, 0.1) is 0 Å². The molecular weight excluding hydrogens is 448 g/mol. The number of amides is 3. The van der Waals surface area contributed by atoms with Gasteiger partial charge in [-0.15, -0.1) is 0 Å². The van der Waals surface area contributed by atoms with Gasteiger partial charge in [-0.2, -0.15) is 0 Å². The Kier molecular flexibility index (Phi) is 6.10. The minimum Gasteiger partial charge on any atom is -0.493 e. The highest BCUT2D eigenvalue weighted by Crippen LogP contribution is 2.49. The summed E-state index contributed by atoms with van der Waals surface area (Å²) in [6.45, 7) is 3.55. The van der Waals surface area contributed by atoms with E-state index in [4.69, 9.17) is 9.47 Å². The lowest BCUT2D eigenvalue weighted by Gasteiger charge is -2.41. The molecule has 2 aromatic rings. The van der Waals surface area contributed by atoms with Gasteiger partial charge in [0.15, 0.2) is 11.5 Å². The van der Waals surface area contributed by atoms with Crippen molar-refractivity contribution in [1.82, 2.24) is 14.7 Å². The van der Waals surface area contributed by atoms with E-state index in [-0.39, 0.29) is 17.7 Å².